The average molecular weight is 718 g/mol. The molecular weight excluding hydrogens is 676 g/mol. The molecule has 6 aromatic carbocycles. The zero-order valence-electron chi connectivity index (χ0n) is 28.8. The van der Waals surface area contributed by atoms with Gasteiger partial charge < -0.3 is 8.83 Å². The molecule has 0 N–H and O–H groups in total. The molecule has 0 saturated heterocycles. The SMILES string of the molecule is CCCc1ccc(-c2cc3c(-c4ccc(C)cc4)cccc3[cH-]2)o1.CCCc1ccc(-c2cc3c(-c4ccc(C)cc4)cccc3[cH-]2)o1.[Zr+2]. The van der Waals surface area contributed by atoms with E-state index in [4.69, 9.17) is 8.83 Å². The first-order valence-electron chi connectivity index (χ1n) is 17.2. The summed E-state index contributed by atoms with van der Waals surface area (Å²) in [6, 6.07) is 47.8. The summed E-state index contributed by atoms with van der Waals surface area (Å²) in [5.74, 6) is 4.06. The van der Waals surface area contributed by atoms with Gasteiger partial charge in [-0.1, -0.05) is 120 Å². The molecule has 8 aromatic rings. The minimum atomic E-state index is 0. The van der Waals surface area contributed by atoms with Crippen molar-refractivity contribution in [3.05, 3.63) is 156 Å². The van der Waals surface area contributed by atoms with Gasteiger partial charge in [-0.25, -0.2) is 0 Å². The largest absolute Gasteiger partial charge is 2.00 e. The first-order valence-corrected chi connectivity index (χ1v) is 17.2. The quantitative estimate of drug-likeness (QED) is 0.146. The smallest absolute Gasteiger partial charge is 0.496 e. The Morgan fingerprint density at radius 1 is 0.490 bits per heavy atom. The maximum atomic E-state index is 6.00. The Hall–Kier alpha value is -4.46. The molecular formula is C46H42O2Zr. The molecule has 49 heavy (non-hydrogen) atoms. The molecule has 3 heteroatoms. The molecule has 0 saturated carbocycles. The van der Waals surface area contributed by atoms with Crippen LogP contribution in [0.5, 0.6) is 0 Å². The fourth-order valence-electron chi connectivity index (χ4n) is 6.55. The Balaban J connectivity index is 0.000000167. The van der Waals surface area contributed by atoms with Crippen LogP contribution >= 0.6 is 0 Å². The molecule has 2 aromatic heterocycles. The van der Waals surface area contributed by atoms with Gasteiger partial charge in [-0.05, 0) is 62.1 Å². The summed E-state index contributed by atoms with van der Waals surface area (Å²) in [6.07, 6.45) is 4.20. The molecule has 0 spiro atoms. The van der Waals surface area contributed by atoms with E-state index < -0.39 is 0 Å². The molecule has 0 bridgehead atoms. The van der Waals surface area contributed by atoms with Crippen LogP contribution in [-0.2, 0) is 39.0 Å². The van der Waals surface area contributed by atoms with E-state index in [1.54, 1.807) is 0 Å². The minimum absolute atomic E-state index is 0. The minimum Gasteiger partial charge on any atom is -0.496 e. The summed E-state index contributed by atoms with van der Waals surface area (Å²) in [7, 11) is 0. The molecule has 0 aliphatic carbocycles. The molecule has 0 fully saturated rings. The topological polar surface area (TPSA) is 26.3 Å². The fraction of sp³-hybridized carbons (Fsp3) is 0.174. The molecule has 2 nitrogen and oxygen atoms in total. The van der Waals surface area contributed by atoms with Crippen LogP contribution in [0.1, 0.15) is 49.3 Å². The second kappa shape index (κ2) is 15.4. The van der Waals surface area contributed by atoms with E-state index in [2.05, 4.69) is 161 Å². The van der Waals surface area contributed by atoms with E-state index in [9.17, 15) is 0 Å². The molecule has 0 atom stereocenters. The van der Waals surface area contributed by atoms with Crippen LogP contribution in [0.3, 0.4) is 0 Å². The van der Waals surface area contributed by atoms with Crippen molar-refractivity contribution in [2.24, 2.45) is 0 Å². The van der Waals surface area contributed by atoms with Gasteiger partial charge in [-0.3, -0.25) is 0 Å². The summed E-state index contributed by atoms with van der Waals surface area (Å²) in [4.78, 5) is 0. The summed E-state index contributed by atoms with van der Waals surface area (Å²) in [6.45, 7) is 8.59. The third-order valence-corrected chi connectivity index (χ3v) is 9.11. The Morgan fingerprint density at radius 3 is 1.29 bits per heavy atom. The standard InChI is InChI=1S/2C23H21O.Zr/c2*1-3-5-20-12-13-23(24-20)19-14-18-6-4-7-21(22(18)15-19)17-10-8-16(2)9-11-17;/h2*4,6-15H,3,5H2,1-2H3;/q2*-1;+2. The average Bonchev–Trinajstić information content (AvgIpc) is 3.92. The maximum absolute atomic E-state index is 6.00. The Labute approximate surface area is 309 Å². The third-order valence-electron chi connectivity index (χ3n) is 9.11. The first-order chi connectivity index (χ1) is 23.5. The van der Waals surface area contributed by atoms with Gasteiger partial charge in [-0.15, -0.1) is 57.9 Å². The van der Waals surface area contributed by atoms with Gasteiger partial charge in [0.15, 0.2) is 0 Å². The van der Waals surface area contributed by atoms with Crippen LogP contribution in [-0.4, -0.2) is 0 Å². The van der Waals surface area contributed by atoms with Crippen LogP contribution < -0.4 is 0 Å². The molecule has 0 radical (unpaired) electrons. The van der Waals surface area contributed by atoms with Gasteiger partial charge in [0.2, 0.25) is 0 Å². The van der Waals surface area contributed by atoms with Gasteiger partial charge >= 0.3 is 26.2 Å². The summed E-state index contributed by atoms with van der Waals surface area (Å²) in [5.41, 5.74) is 9.96. The van der Waals surface area contributed by atoms with E-state index in [-0.39, 0.29) is 26.2 Å². The Morgan fingerprint density at radius 2 is 0.898 bits per heavy atom. The van der Waals surface area contributed by atoms with E-state index in [1.807, 2.05) is 0 Å². The number of hydrogen-bond acceptors (Lipinski definition) is 2. The van der Waals surface area contributed by atoms with Crippen molar-refractivity contribution in [1.29, 1.82) is 0 Å². The third kappa shape index (κ3) is 7.58. The van der Waals surface area contributed by atoms with Crippen LogP contribution in [0.15, 0.2) is 142 Å². The zero-order valence-corrected chi connectivity index (χ0v) is 31.3. The molecule has 242 valence electrons. The van der Waals surface area contributed by atoms with Crippen molar-refractivity contribution in [3.8, 4) is 44.9 Å². The number of hydrogen-bond donors (Lipinski definition) is 0. The number of furan rings is 2. The first kappa shape index (κ1) is 34.4. The van der Waals surface area contributed by atoms with Crippen molar-refractivity contribution in [3.63, 3.8) is 0 Å². The Bertz CT molecular complexity index is 2100. The molecule has 0 aliphatic rings. The summed E-state index contributed by atoms with van der Waals surface area (Å²) in [5, 5.41) is 5.09. The van der Waals surface area contributed by atoms with Crippen molar-refractivity contribution in [2.75, 3.05) is 0 Å². The summed E-state index contributed by atoms with van der Waals surface area (Å²) >= 11 is 0. The predicted molar refractivity (Wildman–Crippen MR) is 203 cm³/mol. The van der Waals surface area contributed by atoms with E-state index in [0.717, 1.165) is 59.9 Å². The number of benzene rings is 4. The van der Waals surface area contributed by atoms with Crippen LogP contribution in [0.25, 0.3) is 66.4 Å². The van der Waals surface area contributed by atoms with Crippen molar-refractivity contribution < 1.29 is 35.0 Å². The van der Waals surface area contributed by atoms with Gasteiger partial charge in [-0.2, -0.15) is 0 Å². The molecule has 0 aliphatic heterocycles. The number of rotatable bonds is 8. The van der Waals surface area contributed by atoms with Gasteiger partial charge in [0.25, 0.3) is 0 Å². The van der Waals surface area contributed by atoms with Crippen LogP contribution in [0.4, 0.5) is 0 Å². The van der Waals surface area contributed by atoms with Gasteiger partial charge in [0.05, 0.1) is 23.0 Å². The summed E-state index contributed by atoms with van der Waals surface area (Å²) < 4.78 is 12.0. The van der Waals surface area contributed by atoms with Crippen LogP contribution in [0.2, 0.25) is 0 Å². The predicted octanol–water partition coefficient (Wildman–Crippen LogP) is 13.5. The molecule has 8 rings (SSSR count). The second-order valence-corrected chi connectivity index (χ2v) is 12.9. The maximum Gasteiger partial charge on any atom is 2.00 e. The van der Waals surface area contributed by atoms with Gasteiger partial charge in [0.1, 0.15) is 0 Å². The van der Waals surface area contributed by atoms with E-state index in [0.29, 0.717) is 0 Å². The normalized spacial score (nSPS) is 11.0. The van der Waals surface area contributed by atoms with Crippen molar-refractivity contribution in [2.45, 2.75) is 53.4 Å². The van der Waals surface area contributed by atoms with E-state index in [1.165, 1.54) is 54.9 Å². The fourth-order valence-corrected chi connectivity index (χ4v) is 6.55. The molecule has 0 unspecified atom stereocenters. The number of fused-ring (bicyclic) bond motifs is 2. The molecule has 0 amide bonds. The van der Waals surface area contributed by atoms with Crippen molar-refractivity contribution in [1.82, 2.24) is 0 Å². The molecule has 2 heterocycles. The van der Waals surface area contributed by atoms with E-state index >= 15 is 0 Å². The van der Waals surface area contributed by atoms with Gasteiger partial charge in [0, 0.05) is 12.8 Å². The second-order valence-electron chi connectivity index (χ2n) is 12.9. The van der Waals surface area contributed by atoms with Crippen molar-refractivity contribution >= 4 is 21.5 Å². The number of aryl methyl sites for hydroxylation is 4. The van der Waals surface area contributed by atoms with Crippen LogP contribution in [0, 0.1) is 13.8 Å². The zero-order chi connectivity index (χ0) is 33.0. The Kier molecular flexibility index (Phi) is 10.8. The monoisotopic (exact) mass is 716 g/mol.